The Balaban J connectivity index is 0.00000264. The van der Waals surface area contributed by atoms with Gasteiger partial charge < -0.3 is 10.6 Å². The Hall–Kier alpha value is -1.63. The van der Waals surface area contributed by atoms with Gasteiger partial charge in [0.25, 0.3) is 0 Å². The number of hydrogen-bond acceptors (Lipinski definition) is 2. The molecular weight excluding hydrogens is 399 g/mol. The summed E-state index contributed by atoms with van der Waals surface area (Å²) in [6.07, 6.45) is 4.70. The molecule has 23 heavy (non-hydrogen) atoms. The molecule has 0 radical (unpaired) electrons. The molecule has 4 nitrogen and oxygen atoms in total. The SMILES string of the molecule is CN=C(NCCc1ccncc1C)NCc1ccc(C)cc1.I. The van der Waals surface area contributed by atoms with E-state index in [0.29, 0.717) is 0 Å². The minimum absolute atomic E-state index is 0. The number of hydrogen-bond donors (Lipinski definition) is 2. The lowest BCUT2D eigenvalue weighted by Crippen LogP contribution is -2.37. The van der Waals surface area contributed by atoms with E-state index >= 15 is 0 Å². The molecule has 0 unspecified atom stereocenters. The molecular formula is C18H25IN4. The molecule has 1 aromatic carbocycles. The van der Waals surface area contributed by atoms with Crippen molar-refractivity contribution in [1.82, 2.24) is 15.6 Å². The van der Waals surface area contributed by atoms with Crippen LogP contribution in [0.2, 0.25) is 0 Å². The van der Waals surface area contributed by atoms with Crippen LogP contribution in [0.3, 0.4) is 0 Å². The van der Waals surface area contributed by atoms with Gasteiger partial charge in [-0.15, -0.1) is 24.0 Å². The summed E-state index contributed by atoms with van der Waals surface area (Å²) < 4.78 is 0. The smallest absolute Gasteiger partial charge is 0.191 e. The second-order valence-electron chi connectivity index (χ2n) is 5.39. The molecule has 0 fully saturated rings. The molecule has 0 saturated carbocycles. The standard InChI is InChI=1S/C18H24N4.HI/c1-14-4-6-16(7-5-14)13-22-18(19-3)21-11-9-17-8-10-20-12-15(17)2;/h4-8,10,12H,9,11,13H2,1-3H3,(H2,19,21,22);1H. The van der Waals surface area contributed by atoms with Gasteiger partial charge in [0.05, 0.1) is 0 Å². The fraction of sp³-hybridized carbons (Fsp3) is 0.333. The van der Waals surface area contributed by atoms with E-state index < -0.39 is 0 Å². The molecule has 0 aliphatic carbocycles. The number of aryl methyl sites for hydroxylation is 2. The van der Waals surface area contributed by atoms with Crippen LogP contribution in [-0.2, 0) is 13.0 Å². The molecule has 2 N–H and O–H groups in total. The first-order valence-corrected chi connectivity index (χ1v) is 7.58. The maximum atomic E-state index is 4.26. The van der Waals surface area contributed by atoms with E-state index in [1.165, 1.54) is 22.3 Å². The van der Waals surface area contributed by atoms with Gasteiger partial charge in [-0.1, -0.05) is 29.8 Å². The first-order chi connectivity index (χ1) is 10.7. The van der Waals surface area contributed by atoms with E-state index in [9.17, 15) is 0 Å². The summed E-state index contributed by atoms with van der Waals surface area (Å²) in [7, 11) is 1.79. The quantitative estimate of drug-likeness (QED) is 0.440. The highest BCUT2D eigenvalue weighted by atomic mass is 127. The van der Waals surface area contributed by atoms with Gasteiger partial charge in [0.2, 0.25) is 0 Å². The second kappa shape index (κ2) is 10.2. The van der Waals surface area contributed by atoms with Crippen LogP contribution in [0.25, 0.3) is 0 Å². The monoisotopic (exact) mass is 424 g/mol. The Morgan fingerprint density at radius 2 is 1.83 bits per heavy atom. The second-order valence-corrected chi connectivity index (χ2v) is 5.39. The average molecular weight is 424 g/mol. The molecule has 2 rings (SSSR count). The van der Waals surface area contributed by atoms with Crippen molar-refractivity contribution in [1.29, 1.82) is 0 Å². The molecule has 1 aromatic heterocycles. The fourth-order valence-electron chi connectivity index (χ4n) is 2.21. The molecule has 0 aliphatic heterocycles. The Kier molecular flexibility index (Phi) is 8.61. The number of aromatic nitrogens is 1. The maximum Gasteiger partial charge on any atom is 0.191 e. The highest BCUT2D eigenvalue weighted by Gasteiger charge is 2.00. The summed E-state index contributed by atoms with van der Waals surface area (Å²) in [6.45, 7) is 5.80. The highest BCUT2D eigenvalue weighted by Crippen LogP contribution is 2.05. The number of nitrogens with zero attached hydrogens (tertiary/aromatic N) is 2. The van der Waals surface area contributed by atoms with Gasteiger partial charge in [0.15, 0.2) is 5.96 Å². The van der Waals surface area contributed by atoms with Crippen LogP contribution in [0.15, 0.2) is 47.7 Å². The third-order valence-corrected chi connectivity index (χ3v) is 3.63. The zero-order valence-electron chi connectivity index (χ0n) is 14.0. The van der Waals surface area contributed by atoms with Crippen LogP contribution in [0, 0.1) is 13.8 Å². The molecule has 0 spiro atoms. The van der Waals surface area contributed by atoms with Crippen molar-refractivity contribution in [2.24, 2.45) is 4.99 Å². The van der Waals surface area contributed by atoms with Crippen molar-refractivity contribution >= 4 is 29.9 Å². The average Bonchev–Trinajstić information content (AvgIpc) is 2.54. The number of pyridine rings is 1. The Labute approximate surface area is 155 Å². The lowest BCUT2D eigenvalue weighted by Gasteiger charge is -2.12. The third-order valence-electron chi connectivity index (χ3n) is 3.63. The molecule has 2 aromatic rings. The number of aliphatic imine (C=N–C) groups is 1. The number of nitrogens with one attached hydrogen (secondary N) is 2. The van der Waals surface area contributed by atoms with E-state index in [4.69, 9.17) is 0 Å². The van der Waals surface area contributed by atoms with E-state index in [1.807, 2.05) is 12.4 Å². The number of guanidine groups is 1. The molecule has 0 aliphatic rings. The minimum atomic E-state index is 0. The van der Waals surface area contributed by atoms with Crippen LogP contribution >= 0.6 is 24.0 Å². The summed E-state index contributed by atoms with van der Waals surface area (Å²) >= 11 is 0. The van der Waals surface area contributed by atoms with Crippen molar-refractivity contribution in [2.75, 3.05) is 13.6 Å². The summed E-state index contributed by atoms with van der Waals surface area (Å²) in [6, 6.07) is 10.6. The van der Waals surface area contributed by atoms with Crippen LogP contribution in [0.4, 0.5) is 0 Å². The highest BCUT2D eigenvalue weighted by molar-refractivity contribution is 14.0. The van der Waals surface area contributed by atoms with E-state index in [1.54, 1.807) is 7.05 Å². The van der Waals surface area contributed by atoms with Crippen molar-refractivity contribution in [3.63, 3.8) is 0 Å². The van der Waals surface area contributed by atoms with Crippen molar-refractivity contribution in [3.8, 4) is 0 Å². The first-order valence-electron chi connectivity index (χ1n) is 7.58. The Morgan fingerprint density at radius 3 is 2.48 bits per heavy atom. The molecule has 124 valence electrons. The maximum absolute atomic E-state index is 4.26. The Morgan fingerprint density at radius 1 is 1.09 bits per heavy atom. The van der Waals surface area contributed by atoms with Crippen LogP contribution in [0.5, 0.6) is 0 Å². The predicted molar refractivity (Wildman–Crippen MR) is 107 cm³/mol. The summed E-state index contributed by atoms with van der Waals surface area (Å²) in [5, 5.41) is 6.68. The van der Waals surface area contributed by atoms with Gasteiger partial charge in [0.1, 0.15) is 0 Å². The van der Waals surface area contributed by atoms with Gasteiger partial charge in [0, 0.05) is 32.5 Å². The first kappa shape index (κ1) is 19.4. The van der Waals surface area contributed by atoms with Crippen LogP contribution < -0.4 is 10.6 Å². The fourth-order valence-corrected chi connectivity index (χ4v) is 2.21. The summed E-state index contributed by atoms with van der Waals surface area (Å²) in [5.41, 5.74) is 5.07. The largest absolute Gasteiger partial charge is 0.356 e. The van der Waals surface area contributed by atoms with Gasteiger partial charge in [-0.2, -0.15) is 0 Å². The minimum Gasteiger partial charge on any atom is -0.356 e. The van der Waals surface area contributed by atoms with Gasteiger partial charge >= 0.3 is 0 Å². The van der Waals surface area contributed by atoms with Gasteiger partial charge in [-0.25, -0.2) is 0 Å². The molecule has 5 heteroatoms. The van der Waals surface area contributed by atoms with E-state index in [-0.39, 0.29) is 24.0 Å². The zero-order valence-corrected chi connectivity index (χ0v) is 16.3. The number of rotatable bonds is 5. The topological polar surface area (TPSA) is 49.3 Å². The van der Waals surface area contributed by atoms with Crippen molar-refractivity contribution in [3.05, 3.63) is 65.0 Å². The van der Waals surface area contributed by atoms with E-state index in [2.05, 4.69) is 64.8 Å². The summed E-state index contributed by atoms with van der Waals surface area (Å²) in [5.74, 6) is 0.826. The predicted octanol–water partition coefficient (Wildman–Crippen LogP) is 3.22. The lowest BCUT2D eigenvalue weighted by atomic mass is 10.1. The lowest BCUT2D eigenvalue weighted by molar-refractivity contribution is 0.791. The molecule has 0 amide bonds. The van der Waals surface area contributed by atoms with E-state index in [0.717, 1.165) is 25.5 Å². The summed E-state index contributed by atoms with van der Waals surface area (Å²) in [4.78, 5) is 8.37. The van der Waals surface area contributed by atoms with Gasteiger partial charge in [-0.05, 0) is 43.0 Å². The molecule has 1 heterocycles. The number of halogens is 1. The molecule has 0 bridgehead atoms. The molecule has 0 atom stereocenters. The van der Waals surface area contributed by atoms with Crippen molar-refractivity contribution in [2.45, 2.75) is 26.8 Å². The molecule has 0 saturated heterocycles. The zero-order chi connectivity index (χ0) is 15.8. The Bertz CT molecular complexity index is 623. The third kappa shape index (κ3) is 6.56. The number of benzene rings is 1. The van der Waals surface area contributed by atoms with Gasteiger partial charge in [-0.3, -0.25) is 9.98 Å². The van der Waals surface area contributed by atoms with Crippen LogP contribution in [-0.4, -0.2) is 24.5 Å². The van der Waals surface area contributed by atoms with Crippen molar-refractivity contribution < 1.29 is 0 Å². The normalized spacial score (nSPS) is 10.8. The van der Waals surface area contributed by atoms with Crippen LogP contribution in [0.1, 0.15) is 22.3 Å².